The highest BCUT2D eigenvalue weighted by Gasteiger charge is 2.27. The van der Waals surface area contributed by atoms with E-state index in [2.05, 4.69) is 6.92 Å². The van der Waals surface area contributed by atoms with Gasteiger partial charge in [0, 0.05) is 19.0 Å². The minimum atomic E-state index is 0.0918. The van der Waals surface area contributed by atoms with Gasteiger partial charge in [0.25, 0.3) is 0 Å². The summed E-state index contributed by atoms with van der Waals surface area (Å²) in [5, 5.41) is 0.145. The van der Waals surface area contributed by atoms with E-state index in [1.807, 2.05) is 18.7 Å². The molecule has 1 rings (SSSR count). The predicted molar refractivity (Wildman–Crippen MR) is 54.8 cm³/mol. The lowest BCUT2D eigenvalue weighted by molar-refractivity contribution is -0.136. The third-order valence-corrected chi connectivity index (χ3v) is 2.73. The average molecular weight is 204 g/mol. The van der Waals surface area contributed by atoms with Gasteiger partial charge in [-0.2, -0.15) is 0 Å². The highest BCUT2D eigenvalue weighted by atomic mass is 35.5. The Morgan fingerprint density at radius 1 is 1.46 bits per heavy atom. The van der Waals surface area contributed by atoms with Crippen molar-refractivity contribution in [1.82, 2.24) is 4.90 Å². The monoisotopic (exact) mass is 203 g/mol. The summed E-state index contributed by atoms with van der Waals surface area (Å²) in [6.45, 7) is 7.62. The van der Waals surface area contributed by atoms with Crippen LogP contribution in [0.3, 0.4) is 0 Å². The fraction of sp³-hybridized carbons (Fsp3) is 0.900. The summed E-state index contributed by atoms with van der Waals surface area (Å²) in [5.74, 6) is 0.866. The summed E-state index contributed by atoms with van der Waals surface area (Å²) < 4.78 is 0. The summed E-state index contributed by atoms with van der Waals surface area (Å²) >= 11 is 6.06. The van der Waals surface area contributed by atoms with Crippen molar-refractivity contribution in [1.29, 1.82) is 0 Å². The van der Waals surface area contributed by atoms with E-state index in [0.29, 0.717) is 5.92 Å². The molecule has 1 saturated heterocycles. The lowest BCUT2D eigenvalue weighted by Gasteiger charge is -2.34. The summed E-state index contributed by atoms with van der Waals surface area (Å²) in [4.78, 5) is 13.6. The molecule has 0 aromatic rings. The van der Waals surface area contributed by atoms with Crippen LogP contribution in [0.4, 0.5) is 0 Å². The Hall–Kier alpha value is -0.240. The zero-order valence-corrected chi connectivity index (χ0v) is 9.34. The molecule has 0 N–H and O–H groups in total. The normalized spacial score (nSPS) is 29.5. The summed E-state index contributed by atoms with van der Waals surface area (Å²) in [6.07, 6.45) is 1.03. The fourth-order valence-corrected chi connectivity index (χ4v) is 2.29. The van der Waals surface area contributed by atoms with Gasteiger partial charge in [0.05, 0.1) is 5.38 Å². The Balaban J connectivity index is 2.55. The molecule has 1 heterocycles. The quantitative estimate of drug-likeness (QED) is 0.598. The van der Waals surface area contributed by atoms with E-state index in [-0.39, 0.29) is 17.2 Å². The number of piperidine rings is 1. The van der Waals surface area contributed by atoms with E-state index in [0.717, 1.165) is 19.5 Å². The molecule has 76 valence electrons. The van der Waals surface area contributed by atoms with Gasteiger partial charge in [0.15, 0.2) is 0 Å². The zero-order valence-electron chi connectivity index (χ0n) is 8.59. The number of likely N-dealkylation sites (tertiary alicyclic amines) is 1. The van der Waals surface area contributed by atoms with Crippen LogP contribution in [0.25, 0.3) is 0 Å². The SMILES string of the molecule is CC1CC(Cl)CN(C(=O)C(C)C)C1. The molecule has 0 bridgehead atoms. The van der Waals surface area contributed by atoms with Crippen molar-refractivity contribution in [3.8, 4) is 0 Å². The average Bonchev–Trinajstić information content (AvgIpc) is 2.01. The minimum absolute atomic E-state index is 0.0918. The number of rotatable bonds is 1. The molecule has 2 nitrogen and oxygen atoms in total. The molecule has 0 spiro atoms. The molecular formula is C10H18ClNO. The Labute approximate surface area is 85.2 Å². The maximum absolute atomic E-state index is 11.7. The number of carbonyl (C=O) groups is 1. The highest BCUT2D eigenvalue weighted by molar-refractivity contribution is 6.21. The van der Waals surface area contributed by atoms with Gasteiger partial charge < -0.3 is 4.90 Å². The molecule has 13 heavy (non-hydrogen) atoms. The Morgan fingerprint density at radius 2 is 2.08 bits per heavy atom. The van der Waals surface area contributed by atoms with Crippen LogP contribution in [0.2, 0.25) is 0 Å². The van der Waals surface area contributed by atoms with Crippen molar-refractivity contribution in [3.63, 3.8) is 0 Å². The zero-order chi connectivity index (χ0) is 10.0. The molecule has 1 aliphatic rings. The third kappa shape index (κ3) is 2.87. The number of amides is 1. The number of hydrogen-bond donors (Lipinski definition) is 0. The molecule has 0 aromatic carbocycles. The van der Waals surface area contributed by atoms with Crippen LogP contribution >= 0.6 is 11.6 Å². The Bertz CT molecular complexity index is 183. The molecule has 1 aliphatic heterocycles. The second kappa shape index (κ2) is 4.32. The molecule has 1 fully saturated rings. The van der Waals surface area contributed by atoms with Gasteiger partial charge in [0.2, 0.25) is 5.91 Å². The van der Waals surface area contributed by atoms with Gasteiger partial charge in [0.1, 0.15) is 0 Å². The van der Waals surface area contributed by atoms with Gasteiger partial charge in [-0.1, -0.05) is 20.8 Å². The topological polar surface area (TPSA) is 20.3 Å². The maximum Gasteiger partial charge on any atom is 0.225 e. The number of carbonyl (C=O) groups excluding carboxylic acids is 1. The van der Waals surface area contributed by atoms with E-state index in [9.17, 15) is 4.79 Å². The van der Waals surface area contributed by atoms with Crippen LogP contribution in [-0.2, 0) is 4.79 Å². The number of nitrogens with zero attached hydrogens (tertiary/aromatic N) is 1. The van der Waals surface area contributed by atoms with Crippen LogP contribution in [0.5, 0.6) is 0 Å². The first-order valence-corrected chi connectivity index (χ1v) is 5.37. The molecule has 2 unspecified atom stereocenters. The molecule has 0 aliphatic carbocycles. The largest absolute Gasteiger partial charge is 0.341 e. The van der Waals surface area contributed by atoms with Crippen molar-refractivity contribution in [3.05, 3.63) is 0 Å². The molecule has 0 aromatic heterocycles. The van der Waals surface area contributed by atoms with Crippen LogP contribution in [-0.4, -0.2) is 29.3 Å². The lowest BCUT2D eigenvalue weighted by Crippen LogP contribution is -2.45. The Morgan fingerprint density at radius 3 is 2.54 bits per heavy atom. The van der Waals surface area contributed by atoms with Gasteiger partial charge in [-0.05, 0) is 12.3 Å². The number of halogens is 1. The molecule has 0 radical (unpaired) electrons. The fourth-order valence-electron chi connectivity index (χ4n) is 1.82. The number of hydrogen-bond acceptors (Lipinski definition) is 1. The third-order valence-electron chi connectivity index (χ3n) is 2.41. The minimum Gasteiger partial charge on any atom is -0.341 e. The van der Waals surface area contributed by atoms with E-state index in [1.54, 1.807) is 0 Å². The standard InChI is InChI=1S/C10H18ClNO/c1-7(2)10(13)12-5-8(3)4-9(11)6-12/h7-9H,4-6H2,1-3H3. The first-order chi connectivity index (χ1) is 6.00. The smallest absolute Gasteiger partial charge is 0.225 e. The first kappa shape index (κ1) is 10.8. The van der Waals surface area contributed by atoms with Crippen molar-refractivity contribution in [2.45, 2.75) is 32.6 Å². The van der Waals surface area contributed by atoms with Crippen LogP contribution in [0.1, 0.15) is 27.2 Å². The molecule has 0 saturated carbocycles. The molecular weight excluding hydrogens is 186 g/mol. The van der Waals surface area contributed by atoms with Gasteiger partial charge >= 0.3 is 0 Å². The summed E-state index contributed by atoms with van der Waals surface area (Å²) in [7, 11) is 0. The van der Waals surface area contributed by atoms with E-state index < -0.39 is 0 Å². The van der Waals surface area contributed by atoms with E-state index in [4.69, 9.17) is 11.6 Å². The Kier molecular flexibility index (Phi) is 3.60. The second-order valence-electron chi connectivity index (χ2n) is 4.34. The van der Waals surface area contributed by atoms with Crippen LogP contribution in [0, 0.1) is 11.8 Å². The van der Waals surface area contributed by atoms with Gasteiger partial charge in [-0.15, -0.1) is 11.6 Å². The second-order valence-corrected chi connectivity index (χ2v) is 4.95. The van der Waals surface area contributed by atoms with Gasteiger partial charge in [-0.25, -0.2) is 0 Å². The molecule has 3 heteroatoms. The van der Waals surface area contributed by atoms with Crippen molar-refractivity contribution >= 4 is 17.5 Å². The molecule has 1 amide bonds. The first-order valence-electron chi connectivity index (χ1n) is 4.93. The van der Waals surface area contributed by atoms with Crippen molar-refractivity contribution < 1.29 is 4.79 Å². The highest BCUT2D eigenvalue weighted by Crippen LogP contribution is 2.21. The van der Waals surface area contributed by atoms with E-state index >= 15 is 0 Å². The van der Waals surface area contributed by atoms with Crippen LogP contribution < -0.4 is 0 Å². The number of alkyl halides is 1. The molecule has 2 atom stereocenters. The lowest BCUT2D eigenvalue weighted by atomic mass is 9.98. The van der Waals surface area contributed by atoms with E-state index in [1.165, 1.54) is 0 Å². The maximum atomic E-state index is 11.7. The summed E-state index contributed by atoms with van der Waals surface area (Å²) in [6, 6.07) is 0. The van der Waals surface area contributed by atoms with Gasteiger partial charge in [-0.3, -0.25) is 4.79 Å². The van der Waals surface area contributed by atoms with Crippen molar-refractivity contribution in [2.24, 2.45) is 11.8 Å². The van der Waals surface area contributed by atoms with Crippen LogP contribution in [0.15, 0.2) is 0 Å². The summed E-state index contributed by atoms with van der Waals surface area (Å²) in [5.41, 5.74) is 0. The van der Waals surface area contributed by atoms with Crippen molar-refractivity contribution in [2.75, 3.05) is 13.1 Å². The predicted octanol–water partition coefficient (Wildman–Crippen LogP) is 2.12.